The van der Waals surface area contributed by atoms with Gasteiger partial charge in [0.2, 0.25) is 0 Å². The molecule has 2 aromatic rings. The van der Waals surface area contributed by atoms with Gasteiger partial charge >= 0.3 is 0 Å². The molecule has 4 heterocycles. The second kappa shape index (κ2) is 7.28. The van der Waals surface area contributed by atoms with Gasteiger partial charge in [0.25, 0.3) is 0 Å². The molecule has 26 heavy (non-hydrogen) atoms. The number of rotatable bonds is 3. The Labute approximate surface area is 154 Å². The predicted octanol–water partition coefficient (Wildman–Crippen LogP) is 1.14. The molecule has 2 aliphatic heterocycles. The fourth-order valence-corrected chi connectivity index (χ4v) is 6.13. The standard InChI is InChI=1S/C18H23N5O2S/c24-26(25)11-10-23(13-15-2-1-6-19-12-15)16-4-8-22(9-5-17(16)26)18-3-7-20-14-21-18/h1-3,6-7,12,14,16-17H,4-5,8-11,13H2/t16-,17+/m1/s1. The van der Waals surface area contributed by atoms with E-state index in [4.69, 9.17) is 0 Å². The number of aromatic nitrogens is 3. The number of anilines is 1. The second-order valence-electron chi connectivity index (χ2n) is 6.94. The topological polar surface area (TPSA) is 79.3 Å². The Morgan fingerprint density at radius 2 is 1.96 bits per heavy atom. The first kappa shape index (κ1) is 17.4. The molecule has 2 saturated heterocycles. The third-order valence-corrected chi connectivity index (χ3v) is 7.62. The van der Waals surface area contributed by atoms with E-state index in [2.05, 4.69) is 30.8 Å². The smallest absolute Gasteiger partial charge is 0.156 e. The molecule has 0 N–H and O–H groups in total. The monoisotopic (exact) mass is 373 g/mol. The van der Waals surface area contributed by atoms with Crippen LogP contribution in [0.2, 0.25) is 0 Å². The largest absolute Gasteiger partial charge is 0.356 e. The maximum absolute atomic E-state index is 12.7. The third-order valence-electron chi connectivity index (χ3n) is 5.40. The van der Waals surface area contributed by atoms with Crippen molar-refractivity contribution in [1.82, 2.24) is 19.9 Å². The van der Waals surface area contributed by atoms with E-state index in [1.807, 2.05) is 18.3 Å². The van der Waals surface area contributed by atoms with Crippen LogP contribution in [0.4, 0.5) is 5.82 Å². The molecule has 2 aliphatic rings. The Hall–Kier alpha value is -2.06. The Morgan fingerprint density at radius 1 is 1.08 bits per heavy atom. The normalized spacial score (nSPS) is 26.1. The lowest BCUT2D eigenvalue weighted by Crippen LogP contribution is -2.54. The van der Waals surface area contributed by atoms with Crippen LogP contribution in [0, 0.1) is 0 Å². The lowest BCUT2D eigenvalue weighted by Gasteiger charge is -2.40. The first-order chi connectivity index (χ1) is 12.6. The molecule has 0 radical (unpaired) electrons. The Balaban J connectivity index is 1.56. The van der Waals surface area contributed by atoms with E-state index >= 15 is 0 Å². The zero-order valence-electron chi connectivity index (χ0n) is 14.6. The number of pyridine rings is 1. The van der Waals surface area contributed by atoms with Crippen molar-refractivity contribution >= 4 is 15.7 Å². The van der Waals surface area contributed by atoms with Crippen molar-refractivity contribution in [3.05, 3.63) is 48.7 Å². The van der Waals surface area contributed by atoms with Crippen molar-refractivity contribution in [3.8, 4) is 0 Å². The van der Waals surface area contributed by atoms with Crippen LogP contribution in [0.15, 0.2) is 43.1 Å². The summed E-state index contributed by atoms with van der Waals surface area (Å²) in [5, 5.41) is -0.306. The molecule has 2 fully saturated rings. The molecule has 2 aromatic heterocycles. The van der Waals surface area contributed by atoms with Gasteiger partial charge in [-0.25, -0.2) is 18.4 Å². The van der Waals surface area contributed by atoms with Crippen molar-refractivity contribution < 1.29 is 8.42 Å². The summed E-state index contributed by atoms with van der Waals surface area (Å²) in [6.07, 6.45) is 8.35. The lowest BCUT2D eigenvalue weighted by molar-refractivity contribution is 0.175. The summed E-state index contributed by atoms with van der Waals surface area (Å²) in [6, 6.07) is 5.91. The molecule has 2 atom stereocenters. The van der Waals surface area contributed by atoms with Crippen LogP contribution in [-0.2, 0) is 16.4 Å². The first-order valence-electron chi connectivity index (χ1n) is 8.99. The molecular weight excluding hydrogens is 350 g/mol. The SMILES string of the molecule is O=S1(=O)CCN(Cc2cccnc2)[C@@H]2CCN(c3ccncn3)CC[C@@H]21. The van der Waals surface area contributed by atoms with Crippen molar-refractivity contribution in [2.24, 2.45) is 0 Å². The molecule has 0 bridgehead atoms. The van der Waals surface area contributed by atoms with Crippen molar-refractivity contribution in [2.45, 2.75) is 30.7 Å². The van der Waals surface area contributed by atoms with Crippen LogP contribution in [0.3, 0.4) is 0 Å². The van der Waals surface area contributed by atoms with Crippen LogP contribution >= 0.6 is 0 Å². The average Bonchev–Trinajstić information content (AvgIpc) is 2.90. The molecule has 0 saturated carbocycles. The molecule has 0 spiro atoms. The summed E-state index contributed by atoms with van der Waals surface area (Å²) in [5.41, 5.74) is 1.13. The van der Waals surface area contributed by atoms with Gasteiger partial charge in [0.05, 0.1) is 11.0 Å². The van der Waals surface area contributed by atoms with Crippen molar-refractivity contribution in [2.75, 3.05) is 30.3 Å². The lowest BCUT2D eigenvalue weighted by atomic mass is 10.1. The van der Waals surface area contributed by atoms with Gasteiger partial charge in [0.1, 0.15) is 12.1 Å². The van der Waals surface area contributed by atoms with E-state index in [9.17, 15) is 8.42 Å². The minimum atomic E-state index is -3.05. The van der Waals surface area contributed by atoms with Crippen LogP contribution in [-0.4, -0.2) is 64.9 Å². The van der Waals surface area contributed by atoms with Crippen molar-refractivity contribution in [1.29, 1.82) is 0 Å². The molecule has 0 amide bonds. The third kappa shape index (κ3) is 3.57. The minimum absolute atomic E-state index is 0.0424. The molecule has 0 unspecified atom stereocenters. The van der Waals surface area contributed by atoms with Gasteiger partial charge in [-0.1, -0.05) is 6.07 Å². The molecule has 0 aliphatic carbocycles. The maximum atomic E-state index is 12.7. The fourth-order valence-electron chi connectivity index (χ4n) is 4.08. The fraction of sp³-hybridized carbons (Fsp3) is 0.500. The van der Waals surface area contributed by atoms with Crippen LogP contribution in [0.1, 0.15) is 18.4 Å². The molecule has 0 aromatic carbocycles. The van der Waals surface area contributed by atoms with Gasteiger partial charge in [0, 0.05) is 50.8 Å². The van der Waals surface area contributed by atoms with E-state index in [1.54, 1.807) is 18.7 Å². The summed E-state index contributed by atoms with van der Waals surface area (Å²) >= 11 is 0. The highest BCUT2D eigenvalue weighted by molar-refractivity contribution is 7.92. The quantitative estimate of drug-likeness (QED) is 0.798. The van der Waals surface area contributed by atoms with Gasteiger partial charge in [0.15, 0.2) is 9.84 Å². The average molecular weight is 373 g/mol. The Kier molecular flexibility index (Phi) is 4.86. The minimum Gasteiger partial charge on any atom is -0.356 e. The van der Waals surface area contributed by atoms with Crippen LogP contribution in [0.25, 0.3) is 0 Å². The van der Waals surface area contributed by atoms with Gasteiger partial charge in [-0.15, -0.1) is 0 Å². The second-order valence-corrected chi connectivity index (χ2v) is 9.28. The van der Waals surface area contributed by atoms with Crippen LogP contribution < -0.4 is 4.90 Å². The molecule has 7 nitrogen and oxygen atoms in total. The zero-order chi connectivity index (χ0) is 18.0. The summed E-state index contributed by atoms with van der Waals surface area (Å²) < 4.78 is 25.5. The van der Waals surface area contributed by atoms with E-state index in [-0.39, 0.29) is 17.0 Å². The van der Waals surface area contributed by atoms with Crippen LogP contribution in [0.5, 0.6) is 0 Å². The van der Waals surface area contributed by atoms with E-state index < -0.39 is 9.84 Å². The number of nitrogens with zero attached hydrogens (tertiary/aromatic N) is 5. The van der Waals surface area contributed by atoms with Gasteiger partial charge in [-0.3, -0.25) is 9.88 Å². The van der Waals surface area contributed by atoms with Gasteiger partial charge < -0.3 is 4.90 Å². The summed E-state index contributed by atoms with van der Waals surface area (Å²) in [6.45, 7) is 2.85. The molecular formula is C18H23N5O2S. The predicted molar refractivity (Wildman–Crippen MR) is 99.5 cm³/mol. The molecule has 138 valence electrons. The van der Waals surface area contributed by atoms with Gasteiger partial charge in [-0.05, 0) is 30.5 Å². The molecule has 8 heteroatoms. The summed E-state index contributed by atoms with van der Waals surface area (Å²) in [4.78, 5) is 17.0. The number of hydrogen-bond acceptors (Lipinski definition) is 7. The van der Waals surface area contributed by atoms with Crippen molar-refractivity contribution in [3.63, 3.8) is 0 Å². The highest BCUT2D eigenvalue weighted by atomic mass is 32.2. The Morgan fingerprint density at radius 3 is 2.73 bits per heavy atom. The maximum Gasteiger partial charge on any atom is 0.156 e. The number of fused-ring (bicyclic) bond motifs is 1. The van der Waals surface area contributed by atoms with E-state index in [1.165, 1.54) is 0 Å². The first-order valence-corrected chi connectivity index (χ1v) is 10.7. The highest BCUT2D eigenvalue weighted by Crippen LogP contribution is 2.30. The number of hydrogen-bond donors (Lipinski definition) is 0. The van der Waals surface area contributed by atoms with Gasteiger partial charge in [-0.2, -0.15) is 0 Å². The van der Waals surface area contributed by atoms with E-state index in [0.717, 1.165) is 30.9 Å². The highest BCUT2D eigenvalue weighted by Gasteiger charge is 2.42. The number of sulfone groups is 1. The van der Waals surface area contributed by atoms with E-state index in [0.29, 0.717) is 19.5 Å². The zero-order valence-corrected chi connectivity index (χ0v) is 15.4. The Bertz CT molecular complexity index is 831. The summed E-state index contributed by atoms with van der Waals surface area (Å²) in [5.74, 6) is 1.11. The molecule has 4 rings (SSSR count). The summed E-state index contributed by atoms with van der Waals surface area (Å²) in [7, 11) is -3.05.